The molecule has 196 valence electrons. The van der Waals surface area contributed by atoms with Crippen molar-refractivity contribution in [1.29, 1.82) is 0 Å². The number of amides is 2. The summed E-state index contributed by atoms with van der Waals surface area (Å²) in [5, 5.41) is 10.3. The maximum Gasteiger partial charge on any atom is 0.269 e. The fourth-order valence-corrected chi connectivity index (χ4v) is 5.58. The zero-order valence-corrected chi connectivity index (χ0v) is 21.2. The molecule has 0 bridgehead atoms. The summed E-state index contributed by atoms with van der Waals surface area (Å²) in [6.45, 7) is 2.64. The maximum absolute atomic E-state index is 14.8. The van der Waals surface area contributed by atoms with Gasteiger partial charge in [-0.1, -0.05) is 61.7 Å². The Morgan fingerprint density at radius 2 is 1.87 bits per heavy atom. The third-order valence-corrected chi connectivity index (χ3v) is 7.55. The summed E-state index contributed by atoms with van der Waals surface area (Å²) >= 11 is 0. The number of ether oxygens (including phenoxy) is 1. The van der Waals surface area contributed by atoms with Gasteiger partial charge >= 0.3 is 0 Å². The van der Waals surface area contributed by atoms with Crippen LogP contribution in [-0.4, -0.2) is 39.6 Å². The average molecular weight is 516 g/mol. The number of nitrogens with one attached hydrogen (secondary N) is 2. The first-order valence-corrected chi connectivity index (χ1v) is 13.3. The number of halogens is 1. The molecule has 8 nitrogen and oxygen atoms in total. The van der Waals surface area contributed by atoms with E-state index >= 15 is 0 Å². The van der Waals surface area contributed by atoms with Gasteiger partial charge in [0.1, 0.15) is 11.4 Å². The molecule has 6 rings (SSSR count). The second kappa shape index (κ2) is 10.0. The standard InChI is InChI=1S/C29H30FN5O3/c1-17-15-16-35-29(38-17)22(24(34-35)19-11-6-3-7-12-19)27(36)33-26-28(37)32-25-20(13-8-14-21(25)30)23(31-26)18-9-4-2-5-10-18/h2,4-5,8-10,13-14,17,19,26H,3,6-7,11-12,15-16H2,1H3,(H,32,37)(H,33,36)/t17-,26-/m1/s1. The number of aliphatic imine (C=N–C) groups is 1. The van der Waals surface area contributed by atoms with Gasteiger partial charge in [0.2, 0.25) is 12.0 Å². The van der Waals surface area contributed by atoms with Crippen LogP contribution in [0.2, 0.25) is 0 Å². The molecule has 0 radical (unpaired) electrons. The molecule has 1 saturated carbocycles. The van der Waals surface area contributed by atoms with Crippen molar-refractivity contribution in [3.05, 3.63) is 76.7 Å². The SMILES string of the molecule is C[C@@H]1CCn2nc(C3CCCCC3)c(C(=O)N[C@H]3N=C(c4ccccc4)c4cccc(F)c4NC3=O)c2O1. The predicted octanol–water partition coefficient (Wildman–Crippen LogP) is 4.79. The summed E-state index contributed by atoms with van der Waals surface area (Å²) in [6, 6.07) is 13.8. The van der Waals surface area contributed by atoms with Crippen molar-refractivity contribution in [2.24, 2.45) is 4.99 Å². The van der Waals surface area contributed by atoms with Crippen LogP contribution in [-0.2, 0) is 11.3 Å². The molecule has 0 spiro atoms. The lowest BCUT2D eigenvalue weighted by atomic mass is 9.85. The number of fused-ring (bicyclic) bond motifs is 2. The van der Waals surface area contributed by atoms with Gasteiger partial charge in [-0.25, -0.2) is 14.1 Å². The van der Waals surface area contributed by atoms with Crippen molar-refractivity contribution in [2.75, 3.05) is 5.32 Å². The highest BCUT2D eigenvalue weighted by Crippen LogP contribution is 2.38. The molecule has 1 aromatic heterocycles. The van der Waals surface area contributed by atoms with Crippen LogP contribution >= 0.6 is 0 Å². The molecule has 3 heterocycles. The molecule has 3 aromatic rings. The number of nitrogens with zero attached hydrogens (tertiary/aromatic N) is 3. The first kappa shape index (κ1) is 24.3. The Kier molecular flexibility index (Phi) is 6.43. The van der Waals surface area contributed by atoms with Gasteiger partial charge < -0.3 is 15.4 Å². The molecule has 0 saturated heterocycles. The van der Waals surface area contributed by atoms with E-state index in [4.69, 9.17) is 9.84 Å². The van der Waals surface area contributed by atoms with Crippen LogP contribution in [0.15, 0.2) is 53.5 Å². The van der Waals surface area contributed by atoms with E-state index in [1.54, 1.807) is 16.8 Å². The van der Waals surface area contributed by atoms with Crippen molar-refractivity contribution in [1.82, 2.24) is 15.1 Å². The van der Waals surface area contributed by atoms with Crippen LogP contribution in [0.3, 0.4) is 0 Å². The Labute approximate surface area is 220 Å². The Hall–Kier alpha value is -4.01. The molecule has 3 aliphatic rings. The molecule has 2 aromatic carbocycles. The van der Waals surface area contributed by atoms with Gasteiger partial charge in [0.15, 0.2) is 0 Å². The van der Waals surface area contributed by atoms with Crippen molar-refractivity contribution in [2.45, 2.75) is 70.2 Å². The van der Waals surface area contributed by atoms with E-state index in [-0.39, 0.29) is 17.7 Å². The van der Waals surface area contributed by atoms with E-state index in [9.17, 15) is 14.0 Å². The fraction of sp³-hybridized carbons (Fsp3) is 0.379. The minimum atomic E-state index is -1.28. The van der Waals surface area contributed by atoms with Gasteiger partial charge in [0.25, 0.3) is 11.8 Å². The number of para-hydroxylation sites is 1. The molecular formula is C29H30FN5O3. The van der Waals surface area contributed by atoms with E-state index in [1.165, 1.54) is 12.5 Å². The van der Waals surface area contributed by atoms with Crippen molar-refractivity contribution in [3.63, 3.8) is 0 Å². The quantitative estimate of drug-likeness (QED) is 0.522. The van der Waals surface area contributed by atoms with E-state index < -0.39 is 23.8 Å². The summed E-state index contributed by atoms with van der Waals surface area (Å²) in [6.07, 6.45) is 4.75. The molecule has 1 aliphatic carbocycles. The van der Waals surface area contributed by atoms with Crippen LogP contribution in [0.1, 0.15) is 78.5 Å². The molecular weight excluding hydrogens is 485 g/mol. The number of hydrogen-bond acceptors (Lipinski definition) is 5. The number of aryl methyl sites for hydroxylation is 1. The van der Waals surface area contributed by atoms with Gasteiger partial charge in [0.05, 0.1) is 23.2 Å². The molecule has 2 N–H and O–H groups in total. The van der Waals surface area contributed by atoms with E-state index in [1.807, 2.05) is 37.3 Å². The Morgan fingerprint density at radius 3 is 2.66 bits per heavy atom. The largest absolute Gasteiger partial charge is 0.474 e. The molecule has 2 aliphatic heterocycles. The summed E-state index contributed by atoms with van der Waals surface area (Å²) in [7, 11) is 0. The number of carbonyl (C=O) groups excluding carboxylic acids is 2. The van der Waals surface area contributed by atoms with Crippen LogP contribution < -0.4 is 15.4 Å². The average Bonchev–Trinajstić information content (AvgIpc) is 3.25. The highest BCUT2D eigenvalue weighted by molar-refractivity contribution is 6.20. The summed E-state index contributed by atoms with van der Waals surface area (Å²) in [4.78, 5) is 31.8. The molecule has 2 atom stereocenters. The number of benzene rings is 2. The summed E-state index contributed by atoms with van der Waals surface area (Å²) in [5.74, 6) is -1.06. The van der Waals surface area contributed by atoms with E-state index in [0.29, 0.717) is 34.8 Å². The maximum atomic E-state index is 14.8. The zero-order valence-electron chi connectivity index (χ0n) is 21.2. The highest BCUT2D eigenvalue weighted by Gasteiger charge is 2.36. The Bertz CT molecular complexity index is 1410. The van der Waals surface area contributed by atoms with Gasteiger partial charge in [-0.05, 0) is 25.8 Å². The third-order valence-electron chi connectivity index (χ3n) is 7.55. The zero-order chi connectivity index (χ0) is 26.2. The van der Waals surface area contributed by atoms with Gasteiger partial charge in [0, 0.05) is 30.0 Å². The van der Waals surface area contributed by atoms with Gasteiger partial charge in [-0.3, -0.25) is 9.59 Å². The smallest absolute Gasteiger partial charge is 0.269 e. The third kappa shape index (κ3) is 4.46. The lowest BCUT2D eigenvalue weighted by Gasteiger charge is -2.23. The van der Waals surface area contributed by atoms with E-state index in [0.717, 1.165) is 37.8 Å². The number of anilines is 1. The second-order valence-corrected chi connectivity index (χ2v) is 10.2. The van der Waals surface area contributed by atoms with Gasteiger partial charge in [-0.2, -0.15) is 5.10 Å². The second-order valence-electron chi connectivity index (χ2n) is 10.2. The topological polar surface area (TPSA) is 97.6 Å². The molecule has 38 heavy (non-hydrogen) atoms. The molecule has 1 fully saturated rings. The monoisotopic (exact) mass is 515 g/mol. The minimum Gasteiger partial charge on any atom is -0.474 e. The first-order valence-electron chi connectivity index (χ1n) is 13.3. The number of benzodiazepines with no additional fused rings is 1. The van der Waals surface area contributed by atoms with E-state index in [2.05, 4.69) is 15.6 Å². The highest BCUT2D eigenvalue weighted by atomic mass is 19.1. The number of rotatable bonds is 4. The Morgan fingerprint density at radius 1 is 1.08 bits per heavy atom. The van der Waals surface area contributed by atoms with Crippen molar-refractivity contribution in [3.8, 4) is 5.88 Å². The minimum absolute atomic E-state index is 0.0415. The van der Waals surface area contributed by atoms with Crippen LogP contribution in [0.25, 0.3) is 0 Å². The van der Waals surface area contributed by atoms with Crippen molar-refractivity contribution >= 4 is 23.2 Å². The van der Waals surface area contributed by atoms with Crippen LogP contribution in [0.5, 0.6) is 5.88 Å². The van der Waals surface area contributed by atoms with Gasteiger partial charge in [-0.15, -0.1) is 0 Å². The van der Waals surface area contributed by atoms with Crippen molar-refractivity contribution < 1.29 is 18.7 Å². The normalized spacial score (nSPS) is 21.3. The predicted molar refractivity (Wildman–Crippen MR) is 141 cm³/mol. The summed E-state index contributed by atoms with van der Waals surface area (Å²) in [5.41, 5.74) is 2.71. The number of aromatic nitrogens is 2. The number of carbonyl (C=O) groups is 2. The number of hydrogen-bond donors (Lipinski definition) is 2. The lowest BCUT2D eigenvalue weighted by molar-refractivity contribution is -0.117. The molecule has 0 unspecified atom stereocenters. The Balaban J connectivity index is 1.40. The molecule has 9 heteroatoms. The first-order chi connectivity index (χ1) is 18.5. The summed E-state index contributed by atoms with van der Waals surface area (Å²) < 4.78 is 22.7. The lowest BCUT2D eigenvalue weighted by Crippen LogP contribution is -2.43. The van der Waals surface area contributed by atoms with Crippen LogP contribution in [0, 0.1) is 5.82 Å². The van der Waals surface area contributed by atoms with Crippen LogP contribution in [0.4, 0.5) is 10.1 Å². The fourth-order valence-electron chi connectivity index (χ4n) is 5.58. The molecule has 2 amide bonds.